The summed E-state index contributed by atoms with van der Waals surface area (Å²) in [6.07, 6.45) is 2.01. The van der Waals surface area contributed by atoms with Crippen LogP contribution in [0.15, 0.2) is 44.5 Å². The van der Waals surface area contributed by atoms with Crippen LogP contribution in [0.3, 0.4) is 0 Å². The van der Waals surface area contributed by atoms with E-state index in [1.54, 1.807) is 28.0 Å². The van der Waals surface area contributed by atoms with Gasteiger partial charge < -0.3 is 5.73 Å². The number of anilines is 1. The summed E-state index contributed by atoms with van der Waals surface area (Å²) in [5.41, 5.74) is 8.44. The molecule has 0 fully saturated rings. The number of aromatic nitrogens is 2. The zero-order valence-electron chi connectivity index (χ0n) is 14.6. The largest absolute Gasteiger partial charge is 0.384 e. The van der Waals surface area contributed by atoms with Crippen molar-refractivity contribution in [2.75, 3.05) is 10.7 Å². The van der Waals surface area contributed by atoms with E-state index in [9.17, 15) is 10.1 Å². The maximum atomic E-state index is 12.9. The van der Waals surface area contributed by atoms with Crippen molar-refractivity contribution in [3.05, 3.63) is 45.1 Å². The standard InChI is InChI=1S/C18H17N5OS3/c1-2-25-18-22-21-17(27-18)23-11-5-3-6-12(24)15(11)14(10(9-19)16(23)20)13-7-4-8-26-13/h4,7-8,14H,2-3,5-6,20H2,1H3. The number of thiophene rings is 1. The SMILES string of the molecule is CCSc1nnc(N2C(N)=C(C#N)C(c3cccs3)C3=C2CCCC3=O)s1. The molecule has 1 aliphatic carbocycles. The van der Waals surface area contributed by atoms with E-state index in [4.69, 9.17) is 5.73 Å². The minimum atomic E-state index is -0.383. The molecule has 6 nitrogen and oxygen atoms in total. The molecule has 0 saturated heterocycles. The molecule has 0 bridgehead atoms. The molecular weight excluding hydrogens is 398 g/mol. The molecule has 0 radical (unpaired) electrons. The lowest BCUT2D eigenvalue weighted by Crippen LogP contribution is -2.38. The van der Waals surface area contributed by atoms with Crippen molar-refractivity contribution in [3.8, 4) is 6.07 Å². The number of nitrogens with zero attached hydrogens (tertiary/aromatic N) is 4. The average molecular weight is 416 g/mol. The molecule has 1 atom stereocenters. The van der Waals surface area contributed by atoms with E-state index in [0.29, 0.717) is 28.5 Å². The summed E-state index contributed by atoms with van der Waals surface area (Å²) in [5, 5.41) is 21.0. The van der Waals surface area contributed by atoms with E-state index in [-0.39, 0.29) is 11.7 Å². The van der Waals surface area contributed by atoms with Crippen LogP contribution in [0.5, 0.6) is 0 Å². The van der Waals surface area contributed by atoms with Gasteiger partial charge in [0.2, 0.25) is 5.13 Å². The highest BCUT2D eigenvalue weighted by molar-refractivity contribution is 8.01. The zero-order chi connectivity index (χ0) is 19.0. The number of carbonyl (C=O) groups excluding carboxylic acids is 1. The van der Waals surface area contributed by atoms with Crippen molar-refractivity contribution in [2.45, 2.75) is 36.4 Å². The fraction of sp³-hybridized carbons (Fsp3) is 0.333. The molecule has 0 spiro atoms. The van der Waals surface area contributed by atoms with Crippen LogP contribution in [-0.4, -0.2) is 21.7 Å². The van der Waals surface area contributed by atoms with Crippen molar-refractivity contribution in [3.63, 3.8) is 0 Å². The highest BCUT2D eigenvalue weighted by Gasteiger charge is 2.41. The minimum Gasteiger partial charge on any atom is -0.384 e. The number of carbonyl (C=O) groups is 1. The third-order valence-corrected chi connectivity index (χ3v) is 7.46. The Bertz CT molecular complexity index is 983. The quantitative estimate of drug-likeness (QED) is 0.754. The third kappa shape index (κ3) is 3.08. The highest BCUT2D eigenvalue weighted by atomic mass is 32.2. The van der Waals surface area contributed by atoms with Crippen LogP contribution in [0.2, 0.25) is 0 Å². The number of allylic oxidation sites excluding steroid dienone is 3. The van der Waals surface area contributed by atoms with Crippen molar-refractivity contribution in [1.82, 2.24) is 10.2 Å². The molecule has 3 heterocycles. The van der Waals surface area contributed by atoms with Gasteiger partial charge in [-0.25, -0.2) is 0 Å². The fourth-order valence-corrected chi connectivity index (χ4v) is 6.14. The van der Waals surface area contributed by atoms with E-state index < -0.39 is 0 Å². The van der Waals surface area contributed by atoms with E-state index in [2.05, 4.69) is 23.2 Å². The Labute approximate surface area is 169 Å². The fourth-order valence-electron chi connectivity index (χ4n) is 3.52. The molecule has 138 valence electrons. The van der Waals surface area contributed by atoms with Crippen LogP contribution in [0.25, 0.3) is 0 Å². The predicted molar refractivity (Wildman–Crippen MR) is 109 cm³/mol. The summed E-state index contributed by atoms with van der Waals surface area (Å²) >= 11 is 4.59. The highest BCUT2D eigenvalue weighted by Crippen LogP contribution is 2.47. The summed E-state index contributed by atoms with van der Waals surface area (Å²) in [7, 11) is 0. The molecule has 0 saturated carbocycles. The topological polar surface area (TPSA) is 95.9 Å². The Balaban J connectivity index is 1.90. The first kappa shape index (κ1) is 18.2. The van der Waals surface area contributed by atoms with E-state index in [1.807, 2.05) is 17.5 Å². The molecule has 27 heavy (non-hydrogen) atoms. The van der Waals surface area contributed by atoms with Gasteiger partial charge in [0.15, 0.2) is 10.1 Å². The number of Topliss-reactive ketones (excluding diaryl/α,β-unsaturated/α-hetero) is 1. The number of rotatable bonds is 4. The van der Waals surface area contributed by atoms with Crippen LogP contribution in [0, 0.1) is 11.3 Å². The van der Waals surface area contributed by atoms with Gasteiger partial charge in [0, 0.05) is 22.6 Å². The average Bonchev–Trinajstić information content (AvgIpc) is 3.33. The second-order valence-electron chi connectivity index (χ2n) is 6.12. The normalized spacial score (nSPS) is 20.1. The Hall–Kier alpha value is -2.15. The molecule has 4 rings (SSSR count). The predicted octanol–water partition coefficient (Wildman–Crippen LogP) is 4.02. The monoisotopic (exact) mass is 415 g/mol. The molecule has 2 aromatic rings. The second kappa shape index (κ2) is 7.46. The van der Waals surface area contributed by atoms with Crippen LogP contribution >= 0.6 is 34.4 Å². The van der Waals surface area contributed by atoms with E-state index in [1.165, 1.54) is 11.3 Å². The van der Waals surface area contributed by atoms with Gasteiger partial charge in [-0.15, -0.1) is 21.5 Å². The molecule has 1 unspecified atom stereocenters. The maximum Gasteiger partial charge on any atom is 0.219 e. The van der Waals surface area contributed by atoms with Gasteiger partial charge in [0.25, 0.3) is 0 Å². The van der Waals surface area contributed by atoms with E-state index >= 15 is 0 Å². The lowest BCUT2D eigenvalue weighted by atomic mass is 9.78. The Morgan fingerprint density at radius 2 is 2.30 bits per heavy atom. The van der Waals surface area contributed by atoms with Crippen molar-refractivity contribution in [1.29, 1.82) is 5.26 Å². The third-order valence-electron chi connectivity index (χ3n) is 4.60. The summed E-state index contributed by atoms with van der Waals surface area (Å²) in [6, 6.07) is 6.16. The number of nitriles is 1. The molecule has 1 aliphatic heterocycles. The minimum absolute atomic E-state index is 0.0903. The van der Waals surface area contributed by atoms with Crippen LogP contribution < -0.4 is 10.6 Å². The van der Waals surface area contributed by atoms with E-state index in [0.717, 1.165) is 33.5 Å². The Morgan fingerprint density at radius 1 is 1.44 bits per heavy atom. The number of hydrogen-bond donors (Lipinski definition) is 1. The molecule has 2 N–H and O–H groups in total. The summed E-state index contributed by atoms with van der Waals surface area (Å²) < 4.78 is 0.850. The van der Waals surface area contributed by atoms with Gasteiger partial charge in [-0.1, -0.05) is 36.1 Å². The summed E-state index contributed by atoms with van der Waals surface area (Å²) in [4.78, 5) is 15.7. The first-order chi connectivity index (χ1) is 13.2. The lowest BCUT2D eigenvalue weighted by molar-refractivity contribution is -0.116. The number of thioether (sulfide) groups is 1. The van der Waals surface area contributed by atoms with Crippen LogP contribution in [0.4, 0.5) is 5.13 Å². The van der Waals surface area contributed by atoms with Gasteiger partial charge in [0.05, 0.1) is 17.6 Å². The van der Waals surface area contributed by atoms with Gasteiger partial charge in [-0.05, 0) is 30.0 Å². The van der Waals surface area contributed by atoms with Crippen LogP contribution in [-0.2, 0) is 4.79 Å². The maximum absolute atomic E-state index is 12.9. The molecule has 2 aromatic heterocycles. The van der Waals surface area contributed by atoms with Gasteiger partial charge in [-0.2, -0.15) is 5.26 Å². The first-order valence-electron chi connectivity index (χ1n) is 8.61. The number of nitrogens with two attached hydrogens (primary N) is 1. The molecule has 0 amide bonds. The first-order valence-corrected chi connectivity index (χ1v) is 11.3. The Morgan fingerprint density at radius 3 is 3.00 bits per heavy atom. The zero-order valence-corrected chi connectivity index (χ0v) is 17.1. The van der Waals surface area contributed by atoms with Gasteiger partial charge >= 0.3 is 0 Å². The van der Waals surface area contributed by atoms with Crippen molar-refractivity contribution in [2.24, 2.45) is 5.73 Å². The molecule has 0 aromatic carbocycles. The summed E-state index contributed by atoms with van der Waals surface area (Å²) in [5.74, 6) is 0.962. The summed E-state index contributed by atoms with van der Waals surface area (Å²) in [6.45, 7) is 2.06. The van der Waals surface area contributed by atoms with Crippen LogP contribution in [0.1, 0.15) is 37.0 Å². The van der Waals surface area contributed by atoms with Gasteiger partial charge in [-0.3, -0.25) is 9.69 Å². The Kier molecular flexibility index (Phi) is 5.04. The molecule has 2 aliphatic rings. The number of ketones is 1. The van der Waals surface area contributed by atoms with Crippen molar-refractivity contribution < 1.29 is 4.79 Å². The molecule has 9 heteroatoms. The number of hydrogen-bond acceptors (Lipinski definition) is 9. The van der Waals surface area contributed by atoms with Crippen molar-refractivity contribution >= 4 is 45.4 Å². The molecular formula is C18H17N5OS3. The van der Waals surface area contributed by atoms with Gasteiger partial charge in [0.1, 0.15) is 5.82 Å². The second-order valence-corrected chi connectivity index (χ2v) is 9.56. The smallest absolute Gasteiger partial charge is 0.219 e. The lowest BCUT2D eigenvalue weighted by Gasteiger charge is -2.37.